The van der Waals surface area contributed by atoms with Crippen molar-refractivity contribution in [2.45, 2.75) is 39.8 Å². The SMILES string of the molecule is Cn1c(C(=O)NC2C(C)(C)C(N)C2(C)C)ccc1[N+](=O)[O-]. The molecule has 7 heteroatoms. The predicted octanol–water partition coefficient (Wildman–Crippen LogP) is 1.42. The average Bonchev–Trinajstić information content (AvgIpc) is 2.76. The number of rotatable bonds is 3. The Morgan fingerprint density at radius 1 is 1.33 bits per heavy atom. The summed E-state index contributed by atoms with van der Waals surface area (Å²) >= 11 is 0. The van der Waals surface area contributed by atoms with E-state index in [1.807, 2.05) is 27.7 Å². The molecule has 1 heterocycles. The highest BCUT2D eigenvalue weighted by Crippen LogP contribution is 2.52. The second kappa shape index (κ2) is 4.56. The Morgan fingerprint density at radius 3 is 2.29 bits per heavy atom. The molecule has 1 aromatic rings. The Kier molecular flexibility index (Phi) is 3.36. The molecule has 0 aromatic carbocycles. The number of hydrogen-bond donors (Lipinski definition) is 2. The van der Waals surface area contributed by atoms with Crippen molar-refractivity contribution in [1.29, 1.82) is 0 Å². The van der Waals surface area contributed by atoms with Gasteiger partial charge in [0, 0.05) is 29.0 Å². The van der Waals surface area contributed by atoms with Crippen LogP contribution in [0.1, 0.15) is 38.2 Å². The predicted molar refractivity (Wildman–Crippen MR) is 78.9 cm³/mol. The number of amides is 1. The van der Waals surface area contributed by atoms with Gasteiger partial charge in [-0.15, -0.1) is 0 Å². The van der Waals surface area contributed by atoms with E-state index in [9.17, 15) is 14.9 Å². The van der Waals surface area contributed by atoms with E-state index in [1.165, 1.54) is 23.7 Å². The number of carbonyl (C=O) groups is 1. The van der Waals surface area contributed by atoms with E-state index in [4.69, 9.17) is 5.73 Å². The van der Waals surface area contributed by atoms with Crippen molar-refractivity contribution >= 4 is 11.7 Å². The van der Waals surface area contributed by atoms with Crippen LogP contribution in [-0.2, 0) is 7.05 Å². The minimum absolute atomic E-state index is 0.0157. The number of nitrogens with two attached hydrogens (primary N) is 1. The van der Waals surface area contributed by atoms with Gasteiger partial charge >= 0.3 is 5.82 Å². The Morgan fingerprint density at radius 2 is 1.86 bits per heavy atom. The molecule has 0 aliphatic heterocycles. The van der Waals surface area contributed by atoms with Crippen molar-refractivity contribution in [2.24, 2.45) is 23.6 Å². The molecule has 0 saturated heterocycles. The Balaban J connectivity index is 2.22. The summed E-state index contributed by atoms with van der Waals surface area (Å²) in [5, 5.41) is 13.8. The number of nitrogens with zero attached hydrogens (tertiary/aromatic N) is 2. The first-order valence-electron chi connectivity index (χ1n) is 6.87. The van der Waals surface area contributed by atoms with Gasteiger partial charge in [-0.25, -0.2) is 4.57 Å². The van der Waals surface area contributed by atoms with E-state index in [0.29, 0.717) is 0 Å². The molecule has 116 valence electrons. The lowest BCUT2D eigenvalue weighted by atomic mass is 9.48. The zero-order valence-corrected chi connectivity index (χ0v) is 13.0. The van der Waals surface area contributed by atoms with E-state index in [1.54, 1.807) is 0 Å². The van der Waals surface area contributed by atoms with Crippen molar-refractivity contribution in [3.63, 3.8) is 0 Å². The van der Waals surface area contributed by atoms with E-state index >= 15 is 0 Å². The van der Waals surface area contributed by atoms with Gasteiger partial charge in [0.05, 0.1) is 7.05 Å². The first-order valence-corrected chi connectivity index (χ1v) is 6.87. The second-order valence-corrected chi connectivity index (χ2v) is 6.92. The number of nitrogens with one attached hydrogen (secondary N) is 1. The van der Waals surface area contributed by atoms with E-state index in [-0.39, 0.29) is 40.3 Å². The molecule has 2 rings (SSSR count). The van der Waals surface area contributed by atoms with Crippen LogP contribution in [0.5, 0.6) is 0 Å². The molecule has 3 N–H and O–H groups in total. The first-order chi connectivity index (χ1) is 9.51. The van der Waals surface area contributed by atoms with Crippen molar-refractivity contribution in [1.82, 2.24) is 9.88 Å². The highest BCUT2D eigenvalue weighted by molar-refractivity contribution is 5.93. The fraction of sp³-hybridized carbons (Fsp3) is 0.643. The molecule has 0 spiro atoms. The molecule has 1 aliphatic carbocycles. The average molecular weight is 294 g/mol. The summed E-state index contributed by atoms with van der Waals surface area (Å²) in [5.74, 6) is -0.423. The maximum absolute atomic E-state index is 12.4. The van der Waals surface area contributed by atoms with Gasteiger partial charge in [-0.3, -0.25) is 4.79 Å². The molecule has 0 radical (unpaired) electrons. The normalized spacial score (nSPS) is 26.0. The maximum Gasteiger partial charge on any atom is 0.323 e. The molecule has 7 nitrogen and oxygen atoms in total. The molecule has 0 atom stereocenters. The molecule has 21 heavy (non-hydrogen) atoms. The van der Waals surface area contributed by atoms with Crippen LogP contribution in [0, 0.1) is 20.9 Å². The van der Waals surface area contributed by atoms with Gasteiger partial charge in [0.15, 0.2) is 5.69 Å². The van der Waals surface area contributed by atoms with Crippen LogP contribution in [0.25, 0.3) is 0 Å². The molecule has 1 fully saturated rings. The van der Waals surface area contributed by atoms with Gasteiger partial charge in [-0.1, -0.05) is 27.7 Å². The molecular weight excluding hydrogens is 272 g/mol. The summed E-state index contributed by atoms with van der Waals surface area (Å²) in [6.45, 7) is 8.06. The van der Waals surface area contributed by atoms with Gasteiger partial charge in [0.1, 0.15) is 0 Å². The number of nitro groups is 1. The van der Waals surface area contributed by atoms with Crippen LogP contribution < -0.4 is 11.1 Å². The minimum atomic E-state index is -0.510. The molecule has 0 unspecified atom stereocenters. The quantitative estimate of drug-likeness (QED) is 0.650. The lowest BCUT2D eigenvalue weighted by Crippen LogP contribution is -2.76. The zero-order valence-electron chi connectivity index (χ0n) is 13.0. The van der Waals surface area contributed by atoms with Crippen LogP contribution in [0.4, 0.5) is 5.82 Å². The van der Waals surface area contributed by atoms with E-state index in [0.717, 1.165) is 0 Å². The van der Waals surface area contributed by atoms with Gasteiger partial charge < -0.3 is 21.2 Å². The van der Waals surface area contributed by atoms with Crippen LogP contribution in [0.15, 0.2) is 12.1 Å². The Bertz CT molecular complexity index is 587. The largest absolute Gasteiger partial charge is 0.358 e. The summed E-state index contributed by atoms with van der Waals surface area (Å²) in [7, 11) is 1.51. The van der Waals surface area contributed by atoms with Crippen molar-refractivity contribution in [2.75, 3.05) is 0 Å². The number of carbonyl (C=O) groups excluding carboxylic acids is 1. The lowest BCUT2D eigenvalue weighted by Gasteiger charge is -2.62. The molecule has 1 aromatic heterocycles. The fourth-order valence-corrected chi connectivity index (χ4v) is 3.67. The topological polar surface area (TPSA) is 103 Å². The highest BCUT2D eigenvalue weighted by atomic mass is 16.6. The van der Waals surface area contributed by atoms with Crippen LogP contribution >= 0.6 is 0 Å². The van der Waals surface area contributed by atoms with Crippen LogP contribution in [-0.4, -0.2) is 27.5 Å². The van der Waals surface area contributed by atoms with Gasteiger partial charge in [-0.05, 0) is 11.0 Å². The van der Waals surface area contributed by atoms with Crippen LogP contribution in [0.2, 0.25) is 0 Å². The van der Waals surface area contributed by atoms with Crippen LogP contribution in [0.3, 0.4) is 0 Å². The standard InChI is InChI=1S/C14H22N4O3/c1-13(2)11(15)14(3,4)12(13)16-10(19)8-6-7-9(17(8)5)18(20)21/h6-7,11-12H,15H2,1-5H3,(H,16,19). The summed E-state index contributed by atoms with van der Waals surface area (Å²) in [6, 6.07) is 2.70. The van der Waals surface area contributed by atoms with Crippen molar-refractivity contribution in [3.05, 3.63) is 27.9 Å². The molecule has 1 saturated carbocycles. The summed E-state index contributed by atoms with van der Waals surface area (Å²) < 4.78 is 1.29. The summed E-state index contributed by atoms with van der Waals surface area (Å²) in [5.41, 5.74) is 6.01. The number of hydrogen-bond acceptors (Lipinski definition) is 4. The Labute approximate surface area is 123 Å². The maximum atomic E-state index is 12.4. The van der Waals surface area contributed by atoms with Crippen molar-refractivity contribution < 1.29 is 9.72 Å². The Hall–Kier alpha value is -1.89. The fourth-order valence-electron chi connectivity index (χ4n) is 3.67. The third-order valence-electron chi connectivity index (χ3n) is 4.88. The van der Waals surface area contributed by atoms with Gasteiger partial charge in [0.25, 0.3) is 5.91 Å². The highest BCUT2D eigenvalue weighted by Gasteiger charge is 2.60. The van der Waals surface area contributed by atoms with E-state index in [2.05, 4.69) is 5.32 Å². The first kappa shape index (κ1) is 15.5. The number of aromatic nitrogens is 1. The second-order valence-electron chi connectivity index (χ2n) is 6.92. The molecule has 1 aliphatic rings. The minimum Gasteiger partial charge on any atom is -0.358 e. The summed E-state index contributed by atoms with van der Waals surface area (Å²) in [6.07, 6.45) is 0. The van der Waals surface area contributed by atoms with E-state index < -0.39 is 4.92 Å². The molecule has 1 amide bonds. The third kappa shape index (κ3) is 2.12. The smallest absolute Gasteiger partial charge is 0.323 e. The lowest BCUT2D eigenvalue weighted by molar-refractivity contribution is -0.391. The zero-order chi connectivity index (χ0) is 16.2. The monoisotopic (exact) mass is 294 g/mol. The summed E-state index contributed by atoms with van der Waals surface area (Å²) in [4.78, 5) is 22.7. The third-order valence-corrected chi connectivity index (χ3v) is 4.88. The van der Waals surface area contributed by atoms with Gasteiger partial charge in [-0.2, -0.15) is 0 Å². The van der Waals surface area contributed by atoms with Gasteiger partial charge in [0.2, 0.25) is 0 Å². The molecule has 0 bridgehead atoms. The van der Waals surface area contributed by atoms with Crippen molar-refractivity contribution in [3.8, 4) is 0 Å². The molecular formula is C14H22N4O3.